The van der Waals surface area contributed by atoms with Gasteiger partial charge in [0, 0.05) is 25.4 Å². The maximum atomic E-state index is 5.89. The van der Waals surface area contributed by atoms with Gasteiger partial charge in [-0.25, -0.2) is 9.98 Å². The van der Waals surface area contributed by atoms with Crippen molar-refractivity contribution in [3.63, 3.8) is 0 Å². The third-order valence-corrected chi connectivity index (χ3v) is 4.41. The minimum Gasteiger partial charge on any atom is -0.474 e. The van der Waals surface area contributed by atoms with E-state index in [1.165, 1.54) is 25.7 Å². The van der Waals surface area contributed by atoms with Gasteiger partial charge in [0.15, 0.2) is 5.96 Å². The molecule has 0 spiro atoms. The van der Waals surface area contributed by atoms with Gasteiger partial charge in [0.1, 0.15) is 6.10 Å². The molecule has 0 atom stereocenters. The van der Waals surface area contributed by atoms with E-state index in [4.69, 9.17) is 4.74 Å². The van der Waals surface area contributed by atoms with Gasteiger partial charge < -0.3 is 15.4 Å². The maximum Gasteiger partial charge on any atom is 0.213 e. The second-order valence-electron chi connectivity index (χ2n) is 6.55. The number of nitrogens with one attached hydrogen (secondary N) is 2. The molecule has 2 aliphatic carbocycles. The Morgan fingerprint density at radius 1 is 1.21 bits per heavy atom. The molecule has 1 aromatic rings. The van der Waals surface area contributed by atoms with E-state index in [0.29, 0.717) is 12.6 Å². The van der Waals surface area contributed by atoms with Crippen LogP contribution in [-0.2, 0) is 6.54 Å². The standard InChI is InChI=1S/C18H28N4O.HI/c1-2-19-18(21-11-14-7-8-14)22-13-15-9-10-17(20-12-15)23-16-5-3-4-6-16;/h9-10,12,14,16H,2-8,11,13H2,1H3,(H2,19,21,22);1H. The van der Waals surface area contributed by atoms with Crippen LogP contribution in [0.5, 0.6) is 5.88 Å². The summed E-state index contributed by atoms with van der Waals surface area (Å²) in [7, 11) is 0. The van der Waals surface area contributed by atoms with Crippen molar-refractivity contribution in [2.75, 3.05) is 13.1 Å². The summed E-state index contributed by atoms with van der Waals surface area (Å²) in [6, 6.07) is 4.03. The highest BCUT2D eigenvalue weighted by Gasteiger charge is 2.21. The first-order chi connectivity index (χ1) is 11.3. The fraction of sp³-hybridized carbons (Fsp3) is 0.667. The van der Waals surface area contributed by atoms with Crippen molar-refractivity contribution >= 4 is 29.9 Å². The molecule has 0 saturated heterocycles. The van der Waals surface area contributed by atoms with Crippen LogP contribution in [0.1, 0.15) is 51.0 Å². The minimum atomic E-state index is 0. The summed E-state index contributed by atoms with van der Waals surface area (Å²) in [5.74, 6) is 2.47. The highest BCUT2D eigenvalue weighted by Crippen LogP contribution is 2.27. The van der Waals surface area contributed by atoms with Gasteiger partial charge in [-0.15, -0.1) is 24.0 Å². The van der Waals surface area contributed by atoms with Crippen LogP contribution < -0.4 is 15.4 Å². The molecule has 0 radical (unpaired) electrons. The number of hydrogen-bond donors (Lipinski definition) is 2. The molecule has 0 amide bonds. The van der Waals surface area contributed by atoms with Crippen LogP contribution >= 0.6 is 24.0 Å². The van der Waals surface area contributed by atoms with E-state index in [0.717, 1.165) is 49.3 Å². The average Bonchev–Trinajstić information content (AvgIpc) is 3.27. The third kappa shape index (κ3) is 6.45. The number of nitrogens with zero attached hydrogens (tertiary/aromatic N) is 2. The molecule has 2 saturated carbocycles. The fourth-order valence-electron chi connectivity index (χ4n) is 2.83. The topological polar surface area (TPSA) is 58.5 Å². The fourth-order valence-corrected chi connectivity index (χ4v) is 2.83. The lowest BCUT2D eigenvalue weighted by atomic mass is 10.3. The predicted octanol–water partition coefficient (Wildman–Crippen LogP) is 3.49. The Morgan fingerprint density at radius 2 is 2.00 bits per heavy atom. The lowest BCUT2D eigenvalue weighted by molar-refractivity contribution is 0.201. The molecule has 24 heavy (non-hydrogen) atoms. The molecular formula is C18H29IN4O. The highest BCUT2D eigenvalue weighted by atomic mass is 127. The average molecular weight is 444 g/mol. The number of aromatic nitrogens is 1. The van der Waals surface area contributed by atoms with Crippen molar-refractivity contribution in [1.29, 1.82) is 0 Å². The van der Waals surface area contributed by atoms with Crippen LogP contribution in [-0.4, -0.2) is 30.1 Å². The van der Waals surface area contributed by atoms with Crippen LogP contribution in [0.15, 0.2) is 23.3 Å². The lowest BCUT2D eigenvalue weighted by Gasteiger charge is -2.12. The molecule has 6 heteroatoms. The number of rotatable bonds is 7. The summed E-state index contributed by atoms with van der Waals surface area (Å²) < 4.78 is 5.89. The van der Waals surface area contributed by atoms with Gasteiger partial charge in [-0.2, -0.15) is 0 Å². The third-order valence-electron chi connectivity index (χ3n) is 4.41. The van der Waals surface area contributed by atoms with Crippen LogP contribution in [0.3, 0.4) is 0 Å². The van der Waals surface area contributed by atoms with Crippen LogP contribution in [0.25, 0.3) is 0 Å². The van der Waals surface area contributed by atoms with E-state index < -0.39 is 0 Å². The van der Waals surface area contributed by atoms with Crippen molar-refractivity contribution in [2.45, 2.75) is 58.1 Å². The van der Waals surface area contributed by atoms with Gasteiger partial charge >= 0.3 is 0 Å². The zero-order chi connectivity index (χ0) is 15.9. The van der Waals surface area contributed by atoms with E-state index in [9.17, 15) is 0 Å². The molecule has 0 bridgehead atoms. The molecule has 5 nitrogen and oxygen atoms in total. The molecule has 3 rings (SSSR count). The van der Waals surface area contributed by atoms with Gasteiger partial charge in [-0.1, -0.05) is 6.07 Å². The Hall–Kier alpha value is -1.05. The lowest BCUT2D eigenvalue weighted by Crippen LogP contribution is -2.38. The second kappa shape index (κ2) is 10.1. The summed E-state index contributed by atoms with van der Waals surface area (Å²) in [5.41, 5.74) is 1.10. The first kappa shape index (κ1) is 19.3. The summed E-state index contributed by atoms with van der Waals surface area (Å²) in [6.07, 6.45) is 9.80. The summed E-state index contributed by atoms with van der Waals surface area (Å²) in [4.78, 5) is 9.05. The number of halogens is 1. The number of hydrogen-bond acceptors (Lipinski definition) is 3. The number of pyridine rings is 1. The van der Waals surface area contributed by atoms with Gasteiger partial charge in [0.2, 0.25) is 5.88 Å². The maximum absolute atomic E-state index is 5.89. The zero-order valence-corrected chi connectivity index (χ0v) is 16.8. The van der Waals surface area contributed by atoms with Crippen molar-refractivity contribution in [3.8, 4) is 5.88 Å². The monoisotopic (exact) mass is 444 g/mol. The quantitative estimate of drug-likeness (QED) is 0.384. The number of ether oxygens (including phenoxy) is 1. The van der Waals surface area contributed by atoms with Gasteiger partial charge in [0.25, 0.3) is 0 Å². The molecule has 1 heterocycles. The molecule has 1 aromatic heterocycles. The molecule has 2 fully saturated rings. The first-order valence-corrected chi connectivity index (χ1v) is 8.97. The van der Waals surface area contributed by atoms with Crippen molar-refractivity contribution in [2.24, 2.45) is 10.9 Å². The Labute approximate surface area is 162 Å². The van der Waals surface area contributed by atoms with Crippen molar-refractivity contribution in [1.82, 2.24) is 15.6 Å². The molecule has 0 unspecified atom stereocenters. The molecule has 2 N–H and O–H groups in total. The predicted molar refractivity (Wildman–Crippen MR) is 108 cm³/mol. The van der Waals surface area contributed by atoms with Gasteiger partial charge in [0.05, 0.1) is 6.54 Å². The molecule has 134 valence electrons. The second-order valence-corrected chi connectivity index (χ2v) is 6.55. The Kier molecular flexibility index (Phi) is 8.08. The molecule has 0 aromatic carbocycles. The van der Waals surface area contributed by atoms with E-state index in [1.807, 2.05) is 12.3 Å². The van der Waals surface area contributed by atoms with Crippen LogP contribution in [0, 0.1) is 5.92 Å². The van der Waals surface area contributed by atoms with Crippen molar-refractivity contribution < 1.29 is 4.74 Å². The molecular weight excluding hydrogens is 415 g/mol. The summed E-state index contributed by atoms with van der Waals surface area (Å²) in [6.45, 7) is 4.63. The van der Waals surface area contributed by atoms with Crippen molar-refractivity contribution in [3.05, 3.63) is 23.9 Å². The van der Waals surface area contributed by atoms with E-state index in [-0.39, 0.29) is 24.0 Å². The first-order valence-electron chi connectivity index (χ1n) is 8.97. The molecule has 0 aliphatic heterocycles. The zero-order valence-electron chi connectivity index (χ0n) is 14.5. The van der Waals surface area contributed by atoms with E-state index in [2.05, 4.69) is 33.6 Å². The Morgan fingerprint density at radius 3 is 2.62 bits per heavy atom. The highest BCUT2D eigenvalue weighted by molar-refractivity contribution is 14.0. The smallest absolute Gasteiger partial charge is 0.213 e. The van der Waals surface area contributed by atoms with E-state index >= 15 is 0 Å². The summed E-state index contributed by atoms with van der Waals surface area (Å²) in [5, 5.41) is 6.70. The molecule has 2 aliphatic rings. The van der Waals surface area contributed by atoms with Gasteiger partial charge in [-0.05, 0) is 56.9 Å². The van der Waals surface area contributed by atoms with Crippen LogP contribution in [0.2, 0.25) is 0 Å². The summed E-state index contributed by atoms with van der Waals surface area (Å²) >= 11 is 0. The normalized spacial score (nSPS) is 18.1. The minimum absolute atomic E-state index is 0. The SMILES string of the molecule is CCNC(=NCc1ccc(OC2CCCC2)nc1)NCC1CC1.I. The Bertz CT molecular complexity index is 510. The number of aliphatic imine (C=N–C) groups is 1. The largest absolute Gasteiger partial charge is 0.474 e. The Balaban J connectivity index is 0.00000208. The van der Waals surface area contributed by atoms with Crippen LogP contribution in [0.4, 0.5) is 0 Å². The van der Waals surface area contributed by atoms with E-state index in [1.54, 1.807) is 0 Å². The van der Waals surface area contributed by atoms with Gasteiger partial charge in [-0.3, -0.25) is 0 Å². The number of guanidine groups is 1.